The highest BCUT2D eigenvalue weighted by Crippen LogP contribution is 2.28. The quantitative estimate of drug-likeness (QED) is 0.665. The summed E-state index contributed by atoms with van der Waals surface area (Å²) in [5.74, 6) is -0.750. The van der Waals surface area contributed by atoms with Gasteiger partial charge in [-0.05, 0) is 12.2 Å². The first-order chi connectivity index (χ1) is 4.92. The van der Waals surface area contributed by atoms with Crippen LogP contribution >= 0.6 is 11.8 Å². The first kappa shape index (κ1) is 10.7. The van der Waals surface area contributed by atoms with E-state index in [-0.39, 0.29) is 12.2 Å². The summed E-state index contributed by atoms with van der Waals surface area (Å²) in [4.78, 5) is 9.93. The molecule has 0 unspecified atom stereocenters. The Morgan fingerprint density at radius 2 is 2.18 bits per heavy atom. The van der Waals surface area contributed by atoms with Crippen LogP contribution in [0.5, 0.6) is 0 Å². The molecular formula is C6H10F2O2S. The largest absolute Gasteiger partial charge is 0.481 e. The highest BCUT2D eigenvalue weighted by Gasteiger charge is 2.20. The molecule has 0 aromatic rings. The molecule has 0 aliphatic carbocycles. The Bertz CT molecular complexity index is 133. The van der Waals surface area contributed by atoms with E-state index in [0.717, 1.165) is 6.92 Å². The van der Waals surface area contributed by atoms with Crippen molar-refractivity contribution in [3.63, 3.8) is 0 Å². The molecule has 0 rings (SSSR count). The fourth-order valence-electron chi connectivity index (χ4n) is 0.475. The van der Waals surface area contributed by atoms with Crippen LogP contribution in [0.2, 0.25) is 0 Å². The Labute approximate surface area is 68.0 Å². The van der Waals surface area contributed by atoms with Crippen molar-refractivity contribution in [1.82, 2.24) is 0 Å². The zero-order valence-corrected chi connectivity index (χ0v) is 6.96. The third-order valence-corrected chi connectivity index (χ3v) is 1.89. The molecule has 0 aliphatic heterocycles. The standard InChI is InChI=1S/C6H10F2O2S/c1-6(7,8)11-4-2-3-5(9)10/h2-4H2,1H3,(H,9,10). The molecule has 5 heteroatoms. The van der Waals surface area contributed by atoms with Crippen molar-refractivity contribution in [2.45, 2.75) is 25.0 Å². The van der Waals surface area contributed by atoms with Gasteiger partial charge in [0.2, 0.25) is 0 Å². The average molecular weight is 184 g/mol. The summed E-state index contributed by atoms with van der Waals surface area (Å²) >= 11 is 0.479. The number of alkyl halides is 2. The molecular weight excluding hydrogens is 174 g/mol. The van der Waals surface area contributed by atoms with Crippen molar-refractivity contribution in [1.29, 1.82) is 0 Å². The van der Waals surface area contributed by atoms with Gasteiger partial charge in [-0.3, -0.25) is 4.79 Å². The Morgan fingerprint density at radius 3 is 2.55 bits per heavy atom. The highest BCUT2D eigenvalue weighted by atomic mass is 32.2. The van der Waals surface area contributed by atoms with E-state index in [0.29, 0.717) is 18.2 Å². The molecule has 0 bridgehead atoms. The van der Waals surface area contributed by atoms with Crippen molar-refractivity contribution >= 4 is 17.7 Å². The van der Waals surface area contributed by atoms with Gasteiger partial charge in [-0.1, -0.05) is 11.8 Å². The lowest BCUT2D eigenvalue weighted by Crippen LogP contribution is -2.04. The normalized spacial score (nSPS) is 11.5. The second-order valence-electron chi connectivity index (χ2n) is 2.15. The topological polar surface area (TPSA) is 37.3 Å². The summed E-state index contributed by atoms with van der Waals surface area (Å²) in [6.07, 6.45) is 0.256. The minimum absolute atomic E-state index is 0.0386. The molecule has 0 atom stereocenters. The number of hydrogen-bond donors (Lipinski definition) is 1. The van der Waals surface area contributed by atoms with Crippen molar-refractivity contribution in [3.05, 3.63) is 0 Å². The molecule has 0 aromatic carbocycles. The third kappa shape index (κ3) is 9.68. The fraction of sp³-hybridized carbons (Fsp3) is 0.833. The summed E-state index contributed by atoms with van der Waals surface area (Å²) in [7, 11) is 0. The maximum atomic E-state index is 12.1. The number of aliphatic carboxylic acids is 1. The lowest BCUT2D eigenvalue weighted by atomic mass is 10.3. The maximum Gasteiger partial charge on any atom is 0.303 e. The average Bonchev–Trinajstić information content (AvgIpc) is 1.78. The van der Waals surface area contributed by atoms with Crippen LogP contribution < -0.4 is 0 Å². The van der Waals surface area contributed by atoms with Gasteiger partial charge >= 0.3 is 5.97 Å². The summed E-state index contributed by atoms with van der Waals surface area (Å²) in [6, 6.07) is 0. The van der Waals surface area contributed by atoms with E-state index in [4.69, 9.17) is 5.11 Å². The van der Waals surface area contributed by atoms with Gasteiger partial charge in [0.1, 0.15) is 0 Å². The molecule has 0 aliphatic rings. The van der Waals surface area contributed by atoms with Gasteiger partial charge in [0.15, 0.2) is 0 Å². The van der Waals surface area contributed by atoms with Crippen LogP contribution in [-0.4, -0.2) is 22.1 Å². The SMILES string of the molecule is CC(F)(F)SCCCC(=O)O. The van der Waals surface area contributed by atoms with Gasteiger partial charge in [0.25, 0.3) is 5.25 Å². The summed E-state index contributed by atoms with van der Waals surface area (Å²) < 4.78 is 24.1. The zero-order valence-electron chi connectivity index (χ0n) is 6.14. The van der Waals surface area contributed by atoms with Crippen molar-refractivity contribution in [3.8, 4) is 0 Å². The number of rotatable bonds is 5. The lowest BCUT2D eigenvalue weighted by Gasteiger charge is -2.07. The van der Waals surface area contributed by atoms with Crippen LogP contribution in [-0.2, 0) is 4.79 Å². The number of carbonyl (C=O) groups is 1. The van der Waals surface area contributed by atoms with Gasteiger partial charge in [0, 0.05) is 13.3 Å². The van der Waals surface area contributed by atoms with Crippen molar-refractivity contribution in [2.24, 2.45) is 0 Å². The van der Waals surface area contributed by atoms with E-state index in [2.05, 4.69) is 0 Å². The van der Waals surface area contributed by atoms with Gasteiger partial charge < -0.3 is 5.11 Å². The van der Waals surface area contributed by atoms with Crippen LogP contribution in [0.15, 0.2) is 0 Å². The summed E-state index contributed by atoms with van der Waals surface area (Å²) in [5.41, 5.74) is 0. The number of halogens is 2. The molecule has 0 fully saturated rings. The molecule has 11 heavy (non-hydrogen) atoms. The van der Waals surface area contributed by atoms with Gasteiger partial charge in [-0.2, -0.15) is 8.78 Å². The highest BCUT2D eigenvalue weighted by molar-refractivity contribution is 8.00. The van der Waals surface area contributed by atoms with E-state index in [1.54, 1.807) is 0 Å². The number of carboxylic acids is 1. The molecule has 66 valence electrons. The first-order valence-electron chi connectivity index (χ1n) is 3.15. The van der Waals surface area contributed by atoms with Gasteiger partial charge in [-0.15, -0.1) is 0 Å². The predicted molar refractivity (Wildman–Crippen MR) is 39.9 cm³/mol. The second kappa shape index (κ2) is 4.54. The van der Waals surface area contributed by atoms with Crippen molar-refractivity contribution < 1.29 is 18.7 Å². The van der Waals surface area contributed by atoms with Crippen LogP contribution in [0.1, 0.15) is 19.8 Å². The van der Waals surface area contributed by atoms with Gasteiger partial charge in [0.05, 0.1) is 0 Å². The predicted octanol–water partition coefficient (Wildman–Crippen LogP) is 2.20. The third-order valence-electron chi connectivity index (χ3n) is 0.890. The van der Waals surface area contributed by atoms with E-state index in [1.807, 2.05) is 0 Å². The number of thioether (sulfide) groups is 1. The van der Waals surface area contributed by atoms with Crippen LogP contribution in [0.25, 0.3) is 0 Å². The Hall–Kier alpha value is -0.320. The van der Waals surface area contributed by atoms with E-state index >= 15 is 0 Å². The summed E-state index contributed by atoms with van der Waals surface area (Å²) in [6.45, 7) is 0.804. The zero-order chi connectivity index (χ0) is 8.91. The first-order valence-corrected chi connectivity index (χ1v) is 4.14. The second-order valence-corrected chi connectivity index (χ2v) is 3.57. The van der Waals surface area contributed by atoms with Gasteiger partial charge in [-0.25, -0.2) is 0 Å². The Morgan fingerprint density at radius 1 is 1.64 bits per heavy atom. The number of carboxylic acid groups (broad SMARTS) is 1. The molecule has 0 radical (unpaired) electrons. The number of hydrogen-bond acceptors (Lipinski definition) is 2. The van der Waals surface area contributed by atoms with E-state index in [1.165, 1.54) is 0 Å². The molecule has 2 nitrogen and oxygen atoms in total. The molecule has 0 heterocycles. The van der Waals surface area contributed by atoms with E-state index in [9.17, 15) is 13.6 Å². The van der Waals surface area contributed by atoms with Crippen molar-refractivity contribution in [2.75, 3.05) is 5.75 Å². The molecule has 1 N–H and O–H groups in total. The smallest absolute Gasteiger partial charge is 0.303 e. The minimum atomic E-state index is -2.74. The van der Waals surface area contributed by atoms with Crippen LogP contribution in [0.4, 0.5) is 8.78 Å². The van der Waals surface area contributed by atoms with Crippen LogP contribution in [0, 0.1) is 0 Å². The Balaban J connectivity index is 3.22. The maximum absolute atomic E-state index is 12.1. The molecule has 0 aromatic heterocycles. The molecule has 0 saturated carbocycles. The fourth-order valence-corrected chi connectivity index (χ4v) is 1.12. The van der Waals surface area contributed by atoms with Crippen LogP contribution in [0.3, 0.4) is 0 Å². The van der Waals surface area contributed by atoms with E-state index < -0.39 is 11.2 Å². The molecule has 0 spiro atoms. The minimum Gasteiger partial charge on any atom is -0.481 e. The Kier molecular flexibility index (Phi) is 4.40. The summed E-state index contributed by atoms with van der Waals surface area (Å²) in [5, 5.41) is 5.41. The molecule has 0 amide bonds. The monoisotopic (exact) mass is 184 g/mol. The molecule has 0 saturated heterocycles. The lowest BCUT2D eigenvalue weighted by molar-refractivity contribution is -0.137.